The van der Waals surface area contributed by atoms with Crippen LogP contribution < -0.4 is 0 Å². The molecule has 0 heterocycles. The average molecular weight is 297 g/mol. The van der Waals surface area contributed by atoms with Crippen LogP contribution in [0.15, 0.2) is 23.3 Å². The van der Waals surface area contributed by atoms with Gasteiger partial charge in [0.15, 0.2) is 0 Å². The molecule has 0 saturated carbocycles. The highest BCUT2D eigenvalue weighted by Crippen LogP contribution is 2.17. The summed E-state index contributed by atoms with van der Waals surface area (Å²) in [5.74, 6) is 0.296. The molecule has 0 aromatic heterocycles. The van der Waals surface area contributed by atoms with Gasteiger partial charge in [-0.3, -0.25) is 10.1 Å². The molecule has 0 rings (SSSR count). The lowest BCUT2D eigenvalue weighted by atomic mass is 9.95. The Kier molecular flexibility index (Phi) is 9.97. The SMILES string of the molecule is CC(C)=CCC/C(C)=C/CCC(C)CC(O)C(C)[N+](=O)[O-]. The second-order valence-electron chi connectivity index (χ2n) is 6.38. The number of aliphatic hydroxyl groups is 1. The fourth-order valence-electron chi connectivity index (χ4n) is 2.17. The molecule has 4 heteroatoms. The largest absolute Gasteiger partial charge is 0.386 e. The van der Waals surface area contributed by atoms with Crippen molar-refractivity contribution >= 4 is 0 Å². The summed E-state index contributed by atoms with van der Waals surface area (Å²) in [5, 5.41) is 20.4. The summed E-state index contributed by atoms with van der Waals surface area (Å²) < 4.78 is 0. The van der Waals surface area contributed by atoms with Crippen LogP contribution in [0, 0.1) is 16.0 Å². The maximum Gasteiger partial charge on any atom is 0.235 e. The third kappa shape index (κ3) is 10.2. The van der Waals surface area contributed by atoms with Gasteiger partial charge in [-0.1, -0.05) is 30.2 Å². The van der Waals surface area contributed by atoms with Gasteiger partial charge in [0.25, 0.3) is 0 Å². The summed E-state index contributed by atoms with van der Waals surface area (Å²) in [5.41, 5.74) is 2.74. The minimum absolute atomic E-state index is 0.296. The third-order valence-corrected chi connectivity index (χ3v) is 3.78. The summed E-state index contributed by atoms with van der Waals surface area (Å²) in [6.45, 7) is 9.87. The van der Waals surface area contributed by atoms with E-state index in [4.69, 9.17) is 0 Å². The Labute approximate surface area is 129 Å². The second kappa shape index (κ2) is 10.6. The summed E-state index contributed by atoms with van der Waals surface area (Å²) >= 11 is 0. The molecule has 0 bridgehead atoms. The van der Waals surface area contributed by atoms with Crippen molar-refractivity contribution in [2.45, 2.75) is 78.9 Å². The van der Waals surface area contributed by atoms with Gasteiger partial charge >= 0.3 is 0 Å². The molecular formula is C17H31NO3. The van der Waals surface area contributed by atoms with Crippen LogP contribution in [0.4, 0.5) is 0 Å². The first-order valence-corrected chi connectivity index (χ1v) is 7.84. The monoisotopic (exact) mass is 297 g/mol. The zero-order chi connectivity index (χ0) is 16.4. The Bertz CT molecular complexity index is 370. The molecule has 122 valence electrons. The standard InChI is InChI=1S/C17H31NO3/c1-13(2)8-6-9-14(3)10-7-11-15(4)12-17(19)16(5)18(20)21/h8,10,15-17,19H,6-7,9,11-12H2,1-5H3/b14-10+. The zero-order valence-electron chi connectivity index (χ0n) is 14.1. The van der Waals surface area contributed by atoms with Crippen molar-refractivity contribution in [2.75, 3.05) is 0 Å². The highest BCUT2D eigenvalue weighted by Gasteiger charge is 2.25. The fraction of sp³-hybridized carbons (Fsp3) is 0.765. The molecule has 0 aliphatic carbocycles. The normalized spacial score (nSPS) is 16.2. The molecule has 0 saturated heterocycles. The number of allylic oxidation sites excluding steroid dienone is 4. The first-order chi connectivity index (χ1) is 9.73. The van der Waals surface area contributed by atoms with Crippen molar-refractivity contribution in [1.82, 2.24) is 0 Å². The smallest absolute Gasteiger partial charge is 0.235 e. The average Bonchev–Trinajstić information content (AvgIpc) is 2.36. The van der Waals surface area contributed by atoms with Crippen LogP contribution in [0.5, 0.6) is 0 Å². The van der Waals surface area contributed by atoms with Gasteiger partial charge in [0.05, 0.1) is 0 Å². The second-order valence-corrected chi connectivity index (χ2v) is 6.38. The lowest BCUT2D eigenvalue weighted by Gasteiger charge is -2.16. The number of nitro groups is 1. The van der Waals surface area contributed by atoms with Crippen LogP contribution in [-0.2, 0) is 0 Å². The van der Waals surface area contributed by atoms with Gasteiger partial charge in [0, 0.05) is 11.8 Å². The van der Waals surface area contributed by atoms with E-state index in [1.807, 2.05) is 6.92 Å². The van der Waals surface area contributed by atoms with Crippen LogP contribution in [0.1, 0.15) is 66.7 Å². The fourth-order valence-corrected chi connectivity index (χ4v) is 2.17. The Hall–Kier alpha value is -1.16. The summed E-state index contributed by atoms with van der Waals surface area (Å²) in [4.78, 5) is 10.2. The van der Waals surface area contributed by atoms with E-state index in [0.29, 0.717) is 12.3 Å². The maximum absolute atomic E-state index is 10.6. The number of aliphatic hydroxyl groups excluding tert-OH is 1. The van der Waals surface area contributed by atoms with Gasteiger partial charge in [-0.05, 0) is 58.8 Å². The van der Waals surface area contributed by atoms with Crippen molar-refractivity contribution < 1.29 is 10.0 Å². The summed E-state index contributed by atoms with van der Waals surface area (Å²) in [7, 11) is 0. The van der Waals surface area contributed by atoms with Crippen molar-refractivity contribution in [1.29, 1.82) is 0 Å². The summed E-state index contributed by atoms with van der Waals surface area (Å²) in [6, 6.07) is -0.881. The lowest BCUT2D eigenvalue weighted by Crippen LogP contribution is -2.31. The topological polar surface area (TPSA) is 63.4 Å². The maximum atomic E-state index is 10.6. The first-order valence-electron chi connectivity index (χ1n) is 7.84. The van der Waals surface area contributed by atoms with Gasteiger partial charge < -0.3 is 5.11 Å². The molecule has 4 nitrogen and oxygen atoms in total. The molecule has 0 amide bonds. The number of rotatable bonds is 10. The molecule has 0 aromatic carbocycles. The Morgan fingerprint density at radius 2 is 1.81 bits per heavy atom. The number of hydrogen-bond acceptors (Lipinski definition) is 3. The first kappa shape index (κ1) is 19.8. The van der Waals surface area contributed by atoms with Crippen LogP contribution in [-0.4, -0.2) is 22.2 Å². The Morgan fingerprint density at radius 3 is 2.33 bits per heavy atom. The van der Waals surface area contributed by atoms with E-state index < -0.39 is 17.1 Å². The van der Waals surface area contributed by atoms with Crippen molar-refractivity contribution in [2.24, 2.45) is 5.92 Å². The molecular weight excluding hydrogens is 266 g/mol. The van der Waals surface area contributed by atoms with E-state index in [1.54, 1.807) is 0 Å². The molecule has 0 aliphatic heterocycles. The molecule has 0 aromatic rings. The molecule has 0 fully saturated rings. The molecule has 0 aliphatic rings. The van der Waals surface area contributed by atoms with Gasteiger partial charge in [0.2, 0.25) is 6.04 Å². The van der Waals surface area contributed by atoms with Crippen molar-refractivity contribution in [3.63, 3.8) is 0 Å². The van der Waals surface area contributed by atoms with Crippen LogP contribution in [0.3, 0.4) is 0 Å². The number of hydrogen-bond donors (Lipinski definition) is 1. The van der Waals surface area contributed by atoms with Gasteiger partial charge in [-0.25, -0.2) is 0 Å². The minimum Gasteiger partial charge on any atom is -0.386 e. The molecule has 1 N–H and O–H groups in total. The van der Waals surface area contributed by atoms with Crippen molar-refractivity contribution in [3.05, 3.63) is 33.4 Å². The molecule has 21 heavy (non-hydrogen) atoms. The number of nitrogens with zero attached hydrogens (tertiary/aromatic N) is 1. The summed E-state index contributed by atoms with van der Waals surface area (Å²) in [6.07, 6.45) is 8.24. The van der Waals surface area contributed by atoms with Crippen LogP contribution in [0.2, 0.25) is 0 Å². The van der Waals surface area contributed by atoms with E-state index in [-0.39, 0.29) is 0 Å². The van der Waals surface area contributed by atoms with E-state index in [0.717, 1.165) is 25.7 Å². The predicted octanol–water partition coefficient (Wildman–Crippen LogP) is 4.51. The van der Waals surface area contributed by atoms with Gasteiger partial charge in [0.1, 0.15) is 6.10 Å². The van der Waals surface area contributed by atoms with E-state index in [2.05, 4.69) is 32.9 Å². The molecule has 0 radical (unpaired) electrons. The Balaban J connectivity index is 3.99. The third-order valence-electron chi connectivity index (χ3n) is 3.78. The van der Waals surface area contributed by atoms with E-state index in [1.165, 1.54) is 18.1 Å². The van der Waals surface area contributed by atoms with E-state index >= 15 is 0 Å². The quantitative estimate of drug-likeness (QED) is 0.366. The predicted molar refractivity (Wildman–Crippen MR) is 87.9 cm³/mol. The van der Waals surface area contributed by atoms with Crippen LogP contribution >= 0.6 is 0 Å². The molecule has 3 atom stereocenters. The lowest BCUT2D eigenvalue weighted by molar-refractivity contribution is -0.530. The highest BCUT2D eigenvalue weighted by molar-refractivity contribution is 5.02. The van der Waals surface area contributed by atoms with Crippen LogP contribution in [0.25, 0.3) is 0 Å². The van der Waals surface area contributed by atoms with Gasteiger partial charge in [-0.2, -0.15) is 0 Å². The highest BCUT2D eigenvalue weighted by atomic mass is 16.6. The van der Waals surface area contributed by atoms with E-state index in [9.17, 15) is 15.2 Å². The molecule has 3 unspecified atom stereocenters. The van der Waals surface area contributed by atoms with Gasteiger partial charge in [-0.15, -0.1) is 0 Å². The molecule has 0 spiro atoms. The van der Waals surface area contributed by atoms with Crippen molar-refractivity contribution in [3.8, 4) is 0 Å². The Morgan fingerprint density at radius 1 is 1.19 bits per heavy atom. The zero-order valence-corrected chi connectivity index (χ0v) is 14.1. The minimum atomic E-state index is -0.881.